The highest BCUT2D eigenvalue weighted by Crippen LogP contribution is 2.36. The molecule has 86 valence electrons. The van der Waals surface area contributed by atoms with Gasteiger partial charge in [0.05, 0.1) is 0 Å². The summed E-state index contributed by atoms with van der Waals surface area (Å²) in [7, 11) is 0. The van der Waals surface area contributed by atoms with Gasteiger partial charge in [0, 0.05) is 5.92 Å². The van der Waals surface area contributed by atoms with Crippen molar-refractivity contribution in [3.63, 3.8) is 0 Å². The molecule has 2 unspecified atom stereocenters. The lowest BCUT2D eigenvalue weighted by atomic mass is 9.86. The third kappa shape index (κ3) is 2.26. The lowest BCUT2D eigenvalue weighted by Gasteiger charge is -2.21. The summed E-state index contributed by atoms with van der Waals surface area (Å²) in [5, 5.41) is 3.23. The Kier molecular flexibility index (Phi) is 2.89. The van der Waals surface area contributed by atoms with E-state index in [1.165, 1.54) is 0 Å². The second kappa shape index (κ2) is 4.02. The quantitative estimate of drug-likeness (QED) is 0.615. The van der Waals surface area contributed by atoms with Crippen LogP contribution in [-0.4, -0.2) is 18.0 Å². The van der Waals surface area contributed by atoms with Crippen molar-refractivity contribution in [1.82, 2.24) is 0 Å². The molecule has 1 aliphatic carbocycles. The van der Waals surface area contributed by atoms with Crippen LogP contribution in [0.5, 0.6) is 0 Å². The molecule has 0 radical (unpaired) electrons. The zero-order valence-electron chi connectivity index (χ0n) is 8.39. The molecule has 0 aromatic carbocycles. The van der Waals surface area contributed by atoms with Crippen LogP contribution in [0.3, 0.4) is 0 Å². The average Bonchev–Trinajstić information content (AvgIpc) is 2.46. The van der Waals surface area contributed by atoms with E-state index in [4.69, 9.17) is 4.84 Å². The van der Waals surface area contributed by atoms with Crippen LogP contribution in [0.25, 0.3) is 0 Å². The Morgan fingerprint density at radius 1 is 1.07 bits per heavy atom. The van der Waals surface area contributed by atoms with Crippen molar-refractivity contribution in [2.75, 3.05) is 0 Å². The molecule has 1 aliphatic heterocycles. The molecule has 0 saturated heterocycles. The number of fused-ring (bicyclic) bond motifs is 1. The Balaban J connectivity index is 2.09. The van der Waals surface area contributed by atoms with Crippen LogP contribution < -0.4 is 0 Å². The summed E-state index contributed by atoms with van der Waals surface area (Å²) in [6.45, 7) is 0. The molecule has 2 rings (SSSR count). The van der Waals surface area contributed by atoms with E-state index in [-0.39, 0.29) is 6.10 Å². The highest BCUT2D eigenvalue weighted by atomic mass is 19.4. The molecule has 2 nitrogen and oxygen atoms in total. The van der Waals surface area contributed by atoms with Crippen molar-refractivity contribution in [3.8, 4) is 0 Å². The normalized spacial score (nSPS) is 32.3. The predicted octanol–water partition coefficient (Wildman–Crippen LogP) is 3.27. The molecule has 0 aromatic heterocycles. The average molecular weight is 221 g/mol. The molecule has 0 amide bonds. The lowest BCUT2D eigenvalue weighted by Crippen LogP contribution is -2.33. The number of hydrogen-bond acceptors (Lipinski definition) is 2. The maximum absolute atomic E-state index is 12.6. The van der Waals surface area contributed by atoms with Gasteiger partial charge in [-0.2, -0.15) is 13.2 Å². The van der Waals surface area contributed by atoms with Crippen molar-refractivity contribution in [3.05, 3.63) is 0 Å². The van der Waals surface area contributed by atoms with Crippen LogP contribution in [0.4, 0.5) is 13.2 Å². The monoisotopic (exact) mass is 221 g/mol. The van der Waals surface area contributed by atoms with Gasteiger partial charge in [-0.3, -0.25) is 0 Å². The van der Waals surface area contributed by atoms with Gasteiger partial charge in [0.2, 0.25) is 0 Å². The topological polar surface area (TPSA) is 21.6 Å². The number of rotatable bonds is 0. The van der Waals surface area contributed by atoms with Crippen LogP contribution in [-0.2, 0) is 4.84 Å². The van der Waals surface area contributed by atoms with Gasteiger partial charge in [-0.05, 0) is 19.3 Å². The van der Waals surface area contributed by atoms with E-state index in [0.717, 1.165) is 25.7 Å². The van der Waals surface area contributed by atoms with E-state index >= 15 is 0 Å². The maximum atomic E-state index is 12.6. The standard InChI is InChI=1S/C10H14F3NO/c11-10(12,13)9-7-5-3-1-2-4-6-8(7)15-14-9/h7-8H,1-6H2. The van der Waals surface area contributed by atoms with Crippen LogP contribution >= 0.6 is 0 Å². The summed E-state index contributed by atoms with van der Waals surface area (Å²) >= 11 is 0. The van der Waals surface area contributed by atoms with Crippen molar-refractivity contribution >= 4 is 5.71 Å². The number of hydrogen-bond donors (Lipinski definition) is 0. The number of alkyl halides is 3. The van der Waals surface area contributed by atoms with Crippen LogP contribution in [0.15, 0.2) is 5.16 Å². The summed E-state index contributed by atoms with van der Waals surface area (Å²) in [6, 6.07) is 0. The SMILES string of the molecule is FC(F)(F)C1=NOC2CCCCCCC12. The van der Waals surface area contributed by atoms with E-state index in [2.05, 4.69) is 5.16 Å². The van der Waals surface area contributed by atoms with Crippen LogP contribution in [0.1, 0.15) is 38.5 Å². The van der Waals surface area contributed by atoms with Gasteiger partial charge < -0.3 is 4.84 Å². The minimum atomic E-state index is -4.32. The van der Waals surface area contributed by atoms with Crippen molar-refractivity contribution < 1.29 is 18.0 Å². The van der Waals surface area contributed by atoms with Gasteiger partial charge in [0.15, 0.2) is 5.71 Å². The summed E-state index contributed by atoms with van der Waals surface area (Å²) in [5.74, 6) is -0.523. The van der Waals surface area contributed by atoms with E-state index < -0.39 is 17.8 Å². The second-order valence-electron chi connectivity index (χ2n) is 4.22. The molecule has 0 spiro atoms. The first-order valence-corrected chi connectivity index (χ1v) is 5.40. The molecule has 0 aromatic rings. The van der Waals surface area contributed by atoms with Crippen LogP contribution in [0, 0.1) is 5.92 Å². The van der Waals surface area contributed by atoms with E-state index in [1.807, 2.05) is 0 Å². The smallest absolute Gasteiger partial charge is 0.392 e. The summed E-state index contributed by atoms with van der Waals surface area (Å²) in [4.78, 5) is 4.90. The number of oxime groups is 1. The Hall–Kier alpha value is -0.740. The molecular formula is C10H14F3NO. The molecule has 2 aliphatic rings. The molecule has 0 N–H and O–H groups in total. The first kappa shape index (κ1) is 10.8. The van der Waals surface area contributed by atoms with E-state index in [9.17, 15) is 13.2 Å². The van der Waals surface area contributed by atoms with Gasteiger partial charge in [0.25, 0.3) is 0 Å². The minimum Gasteiger partial charge on any atom is -0.392 e. The van der Waals surface area contributed by atoms with Gasteiger partial charge >= 0.3 is 6.18 Å². The zero-order chi connectivity index (χ0) is 10.9. The van der Waals surface area contributed by atoms with Gasteiger partial charge in [-0.15, -0.1) is 0 Å². The first-order valence-electron chi connectivity index (χ1n) is 5.40. The highest BCUT2D eigenvalue weighted by molar-refractivity contribution is 5.92. The third-order valence-corrected chi connectivity index (χ3v) is 3.13. The van der Waals surface area contributed by atoms with Crippen molar-refractivity contribution in [2.24, 2.45) is 11.1 Å². The predicted molar refractivity (Wildman–Crippen MR) is 49.6 cm³/mol. The molecule has 1 heterocycles. The van der Waals surface area contributed by atoms with Crippen molar-refractivity contribution in [2.45, 2.75) is 50.8 Å². The van der Waals surface area contributed by atoms with Gasteiger partial charge in [0.1, 0.15) is 6.10 Å². The maximum Gasteiger partial charge on any atom is 0.433 e. The van der Waals surface area contributed by atoms with Gasteiger partial charge in [-0.1, -0.05) is 24.4 Å². The van der Waals surface area contributed by atoms with Gasteiger partial charge in [-0.25, -0.2) is 0 Å². The Morgan fingerprint density at radius 2 is 1.73 bits per heavy atom. The fourth-order valence-electron chi connectivity index (χ4n) is 2.34. The summed E-state index contributed by atoms with van der Waals surface area (Å²) in [5.41, 5.74) is -0.700. The lowest BCUT2D eigenvalue weighted by molar-refractivity contribution is -0.0626. The number of nitrogens with zero attached hydrogens (tertiary/aromatic N) is 1. The molecule has 0 bridgehead atoms. The van der Waals surface area contributed by atoms with Crippen molar-refractivity contribution in [1.29, 1.82) is 0 Å². The zero-order valence-corrected chi connectivity index (χ0v) is 8.39. The van der Waals surface area contributed by atoms with Crippen LogP contribution in [0.2, 0.25) is 0 Å². The molecule has 1 saturated carbocycles. The second-order valence-corrected chi connectivity index (χ2v) is 4.22. The highest BCUT2D eigenvalue weighted by Gasteiger charge is 2.48. The minimum absolute atomic E-state index is 0.332. The Bertz CT molecular complexity index is 262. The first-order chi connectivity index (χ1) is 7.09. The number of halogens is 3. The third-order valence-electron chi connectivity index (χ3n) is 3.13. The fraction of sp³-hybridized carbons (Fsp3) is 0.900. The summed E-state index contributed by atoms with van der Waals surface area (Å²) in [6.07, 6.45) is 0.515. The molecular weight excluding hydrogens is 207 g/mol. The fourth-order valence-corrected chi connectivity index (χ4v) is 2.34. The largest absolute Gasteiger partial charge is 0.433 e. The molecule has 15 heavy (non-hydrogen) atoms. The van der Waals surface area contributed by atoms with E-state index in [1.54, 1.807) is 0 Å². The molecule has 2 atom stereocenters. The Morgan fingerprint density at radius 3 is 2.40 bits per heavy atom. The molecule has 1 fully saturated rings. The molecule has 5 heteroatoms. The Labute approximate surface area is 86.5 Å². The van der Waals surface area contributed by atoms with E-state index in [0.29, 0.717) is 12.8 Å². The summed E-state index contributed by atoms with van der Waals surface area (Å²) < 4.78 is 37.7.